The van der Waals surface area contributed by atoms with Crippen LogP contribution < -0.4 is 21.1 Å². The Hall–Kier alpha value is -2.77. The van der Waals surface area contributed by atoms with Gasteiger partial charge >= 0.3 is 0 Å². The van der Waals surface area contributed by atoms with Crippen LogP contribution in [0.4, 0.5) is 17.1 Å². The van der Waals surface area contributed by atoms with Crippen LogP contribution in [-0.4, -0.2) is 49.3 Å². The summed E-state index contributed by atoms with van der Waals surface area (Å²) in [6.07, 6.45) is 1.52. The third-order valence-corrected chi connectivity index (χ3v) is 3.62. The zero-order valence-electron chi connectivity index (χ0n) is 14.3. The van der Waals surface area contributed by atoms with Gasteiger partial charge in [-0.25, -0.2) is 4.99 Å². The molecule has 130 valence electrons. The van der Waals surface area contributed by atoms with Crippen LogP contribution in [0.15, 0.2) is 17.1 Å². The summed E-state index contributed by atoms with van der Waals surface area (Å²) in [5.74, 6) is 0.334. The highest BCUT2D eigenvalue weighted by molar-refractivity contribution is 6.01. The van der Waals surface area contributed by atoms with Crippen LogP contribution in [0.25, 0.3) is 0 Å². The Labute approximate surface area is 141 Å². The molecule has 0 unspecified atom stereocenters. The van der Waals surface area contributed by atoms with E-state index < -0.39 is 5.60 Å². The van der Waals surface area contributed by atoms with Gasteiger partial charge in [-0.1, -0.05) is 0 Å². The van der Waals surface area contributed by atoms with Crippen LogP contribution in [0.1, 0.15) is 20.3 Å². The Morgan fingerprint density at radius 1 is 1.46 bits per heavy atom. The molecule has 8 heteroatoms. The fourth-order valence-electron chi connectivity index (χ4n) is 2.20. The first-order valence-corrected chi connectivity index (χ1v) is 7.61. The van der Waals surface area contributed by atoms with E-state index in [-0.39, 0.29) is 11.8 Å². The average molecular weight is 333 g/mol. The van der Waals surface area contributed by atoms with Crippen molar-refractivity contribution in [2.24, 2.45) is 10.7 Å². The third-order valence-electron chi connectivity index (χ3n) is 3.62. The molecular weight excluding hydrogens is 310 g/mol. The molecule has 0 saturated heterocycles. The number of benzene rings is 1. The number of carbonyl (C=O) groups is 2. The molecule has 24 heavy (non-hydrogen) atoms. The van der Waals surface area contributed by atoms with Gasteiger partial charge in [0.05, 0.1) is 23.4 Å². The van der Waals surface area contributed by atoms with E-state index in [0.717, 1.165) is 0 Å². The molecule has 1 aromatic carbocycles. The second-order valence-electron chi connectivity index (χ2n) is 6.18. The van der Waals surface area contributed by atoms with Crippen molar-refractivity contribution < 1.29 is 14.3 Å². The van der Waals surface area contributed by atoms with E-state index in [1.165, 1.54) is 11.2 Å². The Kier molecular flexibility index (Phi) is 4.96. The molecule has 0 aliphatic carbocycles. The first-order valence-electron chi connectivity index (χ1n) is 7.61. The maximum absolute atomic E-state index is 12.0. The number of carbonyl (C=O) groups excluding carboxylic acids is 2. The largest absolute Gasteiger partial charge is 0.476 e. The smallest absolute Gasteiger partial charge is 0.268 e. The van der Waals surface area contributed by atoms with Crippen molar-refractivity contribution >= 4 is 35.2 Å². The zero-order chi connectivity index (χ0) is 17.9. The lowest BCUT2D eigenvalue weighted by Gasteiger charge is -2.32. The first-order chi connectivity index (χ1) is 11.2. The van der Waals surface area contributed by atoms with Gasteiger partial charge in [0.1, 0.15) is 5.75 Å². The Balaban J connectivity index is 2.24. The van der Waals surface area contributed by atoms with Gasteiger partial charge in [0.2, 0.25) is 5.91 Å². The number of nitrogens with zero attached hydrogens (tertiary/aromatic N) is 2. The van der Waals surface area contributed by atoms with Gasteiger partial charge in [0.15, 0.2) is 5.60 Å². The Bertz CT molecular complexity index is 683. The van der Waals surface area contributed by atoms with Gasteiger partial charge in [-0.2, -0.15) is 0 Å². The normalized spacial score (nSPS) is 15.4. The molecule has 0 saturated carbocycles. The maximum Gasteiger partial charge on any atom is 0.268 e. The van der Waals surface area contributed by atoms with Crippen molar-refractivity contribution in [3.63, 3.8) is 0 Å². The van der Waals surface area contributed by atoms with E-state index in [2.05, 4.69) is 15.6 Å². The van der Waals surface area contributed by atoms with Gasteiger partial charge in [0, 0.05) is 33.1 Å². The summed E-state index contributed by atoms with van der Waals surface area (Å²) in [5, 5.41) is 5.96. The van der Waals surface area contributed by atoms with Gasteiger partial charge < -0.3 is 26.0 Å². The van der Waals surface area contributed by atoms with Gasteiger partial charge in [-0.3, -0.25) is 9.59 Å². The minimum atomic E-state index is -0.955. The number of hydrogen-bond donors (Lipinski definition) is 3. The van der Waals surface area contributed by atoms with Crippen molar-refractivity contribution in [3.05, 3.63) is 12.1 Å². The molecule has 1 heterocycles. The SMILES string of the molecule is CN(C)C(=O)CCNc1cc2c(cc1N=CN)NC(=O)C(C)(C)O2. The molecule has 0 radical (unpaired) electrons. The molecule has 0 atom stereocenters. The predicted molar refractivity (Wildman–Crippen MR) is 93.9 cm³/mol. The lowest BCUT2D eigenvalue weighted by Crippen LogP contribution is -2.45. The van der Waals surface area contributed by atoms with Crippen LogP contribution in [0.3, 0.4) is 0 Å². The minimum Gasteiger partial charge on any atom is -0.476 e. The summed E-state index contributed by atoms with van der Waals surface area (Å²) in [7, 11) is 3.42. The topological polar surface area (TPSA) is 109 Å². The number of amides is 2. The van der Waals surface area contributed by atoms with Crippen molar-refractivity contribution in [2.45, 2.75) is 25.9 Å². The number of anilines is 2. The summed E-state index contributed by atoms with van der Waals surface area (Å²) in [6, 6.07) is 3.43. The number of nitrogens with two attached hydrogens (primary N) is 1. The first kappa shape index (κ1) is 17.6. The van der Waals surface area contributed by atoms with E-state index in [9.17, 15) is 9.59 Å². The average Bonchev–Trinajstić information content (AvgIpc) is 2.49. The second kappa shape index (κ2) is 6.77. The van der Waals surface area contributed by atoms with Crippen LogP contribution in [0.2, 0.25) is 0 Å². The number of ether oxygens (including phenoxy) is 1. The lowest BCUT2D eigenvalue weighted by atomic mass is 10.1. The van der Waals surface area contributed by atoms with E-state index >= 15 is 0 Å². The van der Waals surface area contributed by atoms with Gasteiger partial charge in [0.25, 0.3) is 5.91 Å². The van der Waals surface area contributed by atoms with Crippen LogP contribution in [0, 0.1) is 0 Å². The summed E-state index contributed by atoms with van der Waals surface area (Å²) in [4.78, 5) is 29.3. The standard InChI is InChI=1S/C16H23N5O3/c1-16(2)15(23)20-12-7-10(19-9-17)11(8-13(12)24-16)18-6-5-14(22)21(3)4/h7-9,18H,5-6H2,1-4H3,(H2,17,19)(H,20,23). The van der Waals surface area contributed by atoms with Crippen molar-refractivity contribution in [1.82, 2.24) is 4.90 Å². The van der Waals surface area contributed by atoms with Gasteiger partial charge in [-0.15, -0.1) is 0 Å². The highest BCUT2D eigenvalue weighted by Crippen LogP contribution is 2.40. The fourth-order valence-corrected chi connectivity index (χ4v) is 2.20. The molecule has 1 aliphatic rings. The quantitative estimate of drug-likeness (QED) is 0.556. The van der Waals surface area contributed by atoms with Crippen LogP contribution in [0.5, 0.6) is 5.75 Å². The number of rotatable bonds is 5. The summed E-state index contributed by atoms with van der Waals surface area (Å²) >= 11 is 0. The maximum atomic E-state index is 12.0. The number of aliphatic imine (C=N–C) groups is 1. The molecule has 4 N–H and O–H groups in total. The molecule has 1 aromatic rings. The Morgan fingerprint density at radius 2 is 2.17 bits per heavy atom. The number of fused-ring (bicyclic) bond motifs is 1. The molecule has 2 amide bonds. The molecule has 8 nitrogen and oxygen atoms in total. The molecule has 1 aliphatic heterocycles. The van der Waals surface area contributed by atoms with Crippen molar-refractivity contribution in [3.8, 4) is 5.75 Å². The monoisotopic (exact) mass is 333 g/mol. The van der Waals surface area contributed by atoms with Crippen molar-refractivity contribution in [1.29, 1.82) is 0 Å². The van der Waals surface area contributed by atoms with Crippen LogP contribution >= 0.6 is 0 Å². The zero-order valence-corrected chi connectivity index (χ0v) is 14.3. The third kappa shape index (κ3) is 3.76. The van der Waals surface area contributed by atoms with Crippen LogP contribution in [-0.2, 0) is 9.59 Å². The van der Waals surface area contributed by atoms with Gasteiger partial charge in [-0.05, 0) is 19.9 Å². The minimum absolute atomic E-state index is 0.0222. The van der Waals surface area contributed by atoms with E-state index in [0.29, 0.717) is 35.8 Å². The molecular formula is C16H23N5O3. The van der Waals surface area contributed by atoms with E-state index in [4.69, 9.17) is 10.5 Å². The second-order valence-corrected chi connectivity index (χ2v) is 6.18. The number of hydrogen-bond acceptors (Lipinski definition) is 5. The molecule has 0 aromatic heterocycles. The number of nitrogens with one attached hydrogen (secondary N) is 2. The summed E-state index contributed by atoms with van der Waals surface area (Å²) in [5.41, 5.74) is 6.20. The van der Waals surface area contributed by atoms with E-state index in [1.54, 1.807) is 40.1 Å². The molecule has 0 spiro atoms. The molecule has 2 rings (SSSR count). The molecule has 0 bridgehead atoms. The molecule has 0 fully saturated rings. The summed E-state index contributed by atoms with van der Waals surface area (Å²) in [6.45, 7) is 3.83. The lowest BCUT2D eigenvalue weighted by molar-refractivity contribution is -0.129. The predicted octanol–water partition coefficient (Wildman–Crippen LogP) is 1.30. The summed E-state index contributed by atoms with van der Waals surface area (Å²) < 4.78 is 5.76. The van der Waals surface area contributed by atoms with E-state index in [1.807, 2.05) is 0 Å². The highest BCUT2D eigenvalue weighted by atomic mass is 16.5. The fraction of sp³-hybridized carbons (Fsp3) is 0.438. The highest BCUT2D eigenvalue weighted by Gasteiger charge is 2.35. The Morgan fingerprint density at radius 3 is 2.79 bits per heavy atom. The van der Waals surface area contributed by atoms with Crippen molar-refractivity contribution in [2.75, 3.05) is 31.3 Å².